The lowest BCUT2D eigenvalue weighted by Crippen LogP contribution is -2.11. The molecular formula is C7H12N2S2. The Morgan fingerprint density at radius 2 is 2.64 bits per heavy atom. The fourth-order valence-electron chi connectivity index (χ4n) is 0.798. The number of rotatable bonds is 4. The number of thiazole rings is 1. The molecular weight excluding hydrogens is 176 g/mol. The van der Waals surface area contributed by atoms with Crippen LogP contribution in [0, 0.1) is 0 Å². The molecule has 1 aromatic rings. The van der Waals surface area contributed by atoms with E-state index >= 15 is 0 Å². The smallest absolute Gasteiger partial charge is 0.0795 e. The minimum absolute atomic E-state index is 0.133. The second kappa shape index (κ2) is 4.74. The van der Waals surface area contributed by atoms with Crippen molar-refractivity contribution in [3.63, 3.8) is 0 Å². The van der Waals surface area contributed by atoms with Crippen LogP contribution in [-0.2, 0) is 0 Å². The van der Waals surface area contributed by atoms with E-state index in [9.17, 15) is 0 Å². The van der Waals surface area contributed by atoms with Crippen LogP contribution in [0.5, 0.6) is 0 Å². The first-order valence-corrected chi connectivity index (χ1v) is 5.81. The molecule has 62 valence electrons. The summed E-state index contributed by atoms with van der Waals surface area (Å²) in [7, 11) is 0. The molecule has 0 saturated heterocycles. The summed E-state index contributed by atoms with van der Waals surface area (Å²) in [6.45, 7) is 0. The molecule has 0 saturated carbocycles. The Morgan fingerprint density at radius 3 is 3.18 bits per heavy atom. The number of hydrogen-bond acceptors (Lipinski definition) is 4. The van der Waals surface area contributed by atoms with Gasteiger partial charge in [0.25, 0.3) is 0 Å². The molecule has 11 heavy (non-hydrogen) atoms. The molecule has 2 nitrogen and oxygen atoms in total. The summed E-state index contributed by atoms with van der Waals surface area (Å²) in [5.74, 6) is 1.11. The van der Waals surface area contributed by atoms with Crippen molar-refractivity contribution < 1.29 is 0 Å². The fourth-order valence-corrected chi connectivity index (χ4v) is 1.91. The van der Waals surface area contributed by atoms with E-state index in [-0.39, 0.29) is 6.04 Å². The Morgan fingerprint density at radius 1 is 1.82 bits per heavy atom. The lowest BCUT2D eigenvalue weighted by atomic mass is 10.2. The van der Waals surface area contributed by atoms with E-state index in [0.29, 0.717) is 0 Å². The van der Waals surface area contributed by atoms with Crippen LogP contribution in [0.1, 0.15) is 18.2 Å². The van der Waals surface area contributed by atoms with Crippen molar-refractivity contribution in [3.05, 3.63) is 16.6 Å². The van der Waals surface area contributed by atoms with Crippen molar-refractivity contribution in [2.45, 2.75) is 12.5 Å². The Hall–Kier alpha value is -0.0600. The molecule has 0 amide bonds. The molecule has 1 rings (SSSR count). The minimum Gasteiger partial charge on any atom is -0.323 e. The Labute approximate surface area is 75.2 Å². The highest BCUT2D eigenvalue weighted by atomic mass is 32.2. The van der Waals surface area contributed by atoms with E-state index in [2.05, 4.69) is 11.2 Å². The van der Waals surface area contributed by atoms with Crippen LogP contribution in [-0.4, -0.2) is 17.0 Å². The Bertz CT molecular complexity index is 186. The molecule has 4 heteroatoms. The number of aromatic nitrogens is 1. The second-order valence-electron chi connectivity index (χ2n) is 2.30. The summed E-state index contributed by atoms with van der Waals surface area (Å²) in [5, 5.41) is 2.02. The van der Waals surface area contributed by atoms with Gasteiger partial charge in [0.05, 0.1) is 11.2 Å². The zero-order valence-electron chi connectivity index (χ0n) is 6.49. The zero-order chi connectivity index (χ0) is 8.10. The molecule has 0 fully saturated rings. The summed E-state index contributed by atoms with van der Waals surface area (Å²) < 4.78 is 0. The first kappa shape index (κ1) is 9.03. The lowest BCUT2D eigenvalue weighted by molar-refractivity contribution is 0.687. The molecule has 0 radical (unpaired) electrons. The van der Waals surface area contributed by atoms with Gasteiger partial charge < -0.3 is 5.73 Å². The Balaban J connectivity index is 2.36. The van der Waals surface area contributed by atoms with Crippen LogP contribution in [0.15, 0.2) is 10.9 Å². The molecule has 1 heterocycles. The molecule has 0 spiro atoms. The average molecular weight is 188 g/mol. The summed E-state index contributed by atoms with van der Waals surface area (Å²) in [5.41, 5.74) is 8.72. The molecule has 0 bridgehead atoms. The van der Waals surface area contributed by atoms with E-state index in [1.807, 2.05) is 22.7 Å². The predicted octanol–water partition coefficient (Wildman–Crippen LogP) is 1.90. The topological polar surface area (TPSA) is 38.9 Å². The van der Waals surface area contributed by atoms with Gasteiger partial charge in [0.2, 0.25) is 0 Å². The molecule has 2 N–H and O–H groups in total. The minimum atomic E-state index is 0.133. The zero-order valence-corrected chi connectivity index (χ0v) is 8.12. The van der Waals surface area contributed by atoms with Gasteiger partial charge in [-0.3, -0.25) is 0 Å². The highest BCUT2D eigenvalue weighted by Crippen LogP contribution is 2.15. The number of hydrogen-bond donors (Lipinski definition) is 1. The lowest BCUT2D eigenvalue weighted by Gasteiger charge is -2.05. The van der Waals surface area contributed by atoms with Crippen LogP contribution >= 0.6 is 23.1 Å². The predicted molar refractivity (Wildman–Crippen MR) is 52.0 cm³/mol. The number of thioether (sulfide) groups is 1. The molecule has 0 aromatic carbocycles. The third-order valence-corrected chi connectivity index (χ3v) is 2.71. The van der Waals surface area contributed by atoms with Gasteiger partial charge in [-0.2, -0.15) is 11.8 Å². The highest BCUT2D eigenvalue weighted by molar-refractivity contribution is 7.98. The van der Waals surface area contributed by atoms with Crippen molar-refractivity contribution >= 4 is 23.1 Å². The number of nitrogens with two attached hydrogens (primary N) is 1. The van der Waals surface area contributed by atoms with Crippen molar-refractivity contribution in [2.24, 2.45) is 5.73 Å². The van der Waals surface area contributed by atoms with Gasteiger partial charge >= 0.3 is 0 Å². The number of nitrogens with zero attached hydrogens (tertiary/aromatic N) is 1. The molecule has 1 unspecified atom stereocenters. The van der Waals surface area contributed by atoms with Crippen molar-refractivity contribution in [3.8, 4) is 0 Å². The van der Waals surface area contributed by atoms with Crippen molar-refractivity contribution in [1.29, 1.82) is 0 Å². The third-order valence-electron chi connectivity index (χ3n) is 1.46. The molecule has 0 aliphatic carbocycles. The summed E-state index contributed by atoms with van der Waals surface area (Å²) in [6, 6.07) is 0.133. The van der Waals surface area contributed by atoms with Crippen LogP contribution in [0.25, 0.3) is 0 Å². The molecule has 1 atom stereocenters. The summed E-state index contributed by atoms with van der Waals surface area (Å²) >= 11 is 3.43. The van der Waals surface area contributed by atoms with Crippen LogP contribution < -0.4 is 5.73 Å². The third kappa shape index (κ3) is 2.81. The van der Waals surface area contributed by atoms with Gasteiger partial charge in [-0.05, 0) is 18.4 Å². The second-order valence-corrected chi connectivity index (χ2v) is 4.01. The normalized spacial score (nSPS) is 13.3. The standard InChI is InChI=1S/C7H12N2S2/c1-10-3-2-6(8)7-4-11-5-9-7/h4-6H,2-3,8H2,1H3. The van der Waals surface area contributed by atoms with E-state index in [0.717, 1.165) is 17.9 Å². The maximum Gasteiger partial charge on any atom is 0.0795 e. The monoisotopic (exact) mass is 188 g/mol. The Kier molecular flexibility index (Phi) is 3.90. The van der Waals surface area contributed by atoms with E-state index in [1.165, 1.54) is 0 Å². The average Bonchev–Trinajstić information content (AvgIpc) is 2.52. The van der Waals surface area contributed by atoms with Gasteiger partial charge in [-0.25, -0.2) is 4.98 Å². The first-order valence-electron chi connectivity index (χ1n) is 3.47. The fraction of sp³-hybridized carbons (Fsp3) is 0.571. The van der Waals surface area contributed by atoms with Gasteiger partial charge in [0.15, 0.2) is 0 Å². The van der Waals surface area contributed by atoms with E-state index in [1.54, 1.807) is 11.3 Å². The molecule has 0 aliphatic heterocycles. The van der Waals surface area contributed by atoms with Crippen LogP contribution in [0.2, 0.25) is 0 Å². The van der Waals surface area contributed by atoms with Gasteiger partial charge in [0.1, 0.15) is 0 Å². The molecule has 0 aliphatic rings. The van der Waals surface area contributed by atoms with Crippen LogP contribution in [0.4, 0.5) is 0 Å². The van der Waals surface area contributed by atoms with E-state index in [4.69, 9.17) is 5.73 Å². The summed E-state index contributed by atoms with van der Waals surface area (Å²) in [4.78, 5) is 4.15. The van der Waals surface area contributed by atoms with Crippen molar-refractivity contribution in [1.82, 2.24) is 4.98 Å². The maximum absolute atomic E-state index is 5.86. The highest BCUT2D eigenvalue weighted by Gasteiger charge is 2.05. The molecule has 1 aromatic heterocycles. The largest absolute Gasteiger partial charge is 0.323 e. The van der Waals surface area contributed by atoms with Gasteiger partial charge in [-0.1, -0.05) is 0 Å². The first-order chi connectivity index (χ1) is 5.34. The van der Waals surface area contributed by atoms with E-state index < -0.39 is 0 Å². The van der Waals surface area contributed by atoms with Gasteiger partial charge in [-0.15, -0.1) is 11.3 Å². The maximum atomic E-state index is 5.86. The SMILES string of the molecule is CSCCC(N)c1cscn1. The van der Waals surface area contributed by atoms with Crippen molar-refractivity contribution in [2.75, 3.05) is 12.0 Å². The van der Waals surface area contributed by atoms with Crippen LogP contribution in [0.3, 0.4) is 0 Å². The van der Waals surface area contributed by atoms with Gasteiger partial charge in [0, 0.05) is 11.4 Å². The quantitative estimate of drug-likeness (QED) is 0.784. The summed E-state index contributed by atoms with van der Waals surface area (Å²) in [6.07, 6.45) is 3.11.